The molecule has 2 aromatic carbocycles. The zero-order chi connectivity index (χ0) is 15.8. The van der Waals surface area contributed by atoms with Crippen molar-refractivity contribution in [3.8, 4) is 0 Å². The highest BCUT2D eigenvalue weighted by Gasteiger charge is 2.25. The highest BCUT2D eigenvalue weighted by molar-refractivity contribution is 9.10. The number of halogens is 5. The molecule has 0 amide bonds. The van der Waals surface area contributed by atoms with Crippen LogP contribution >= 0.6 is 39.1 Å². The monoisotopic (exact) mass is 415 g/mol. The van der Waals surface area contributed by atoms with Gasteiger partial charge in [-0.1, -0.05) is 29.3 Å². The van der Waals surface area contributed by atoms with Gasteiger partial charge in [-0.25, -0.2) is 17.2 Å². The third-order valence-corrected chi connectivity index (χ3v) is 5.37. The largest absolute Gasteiger partial charge is 0.276 e. The van der Waals surface area contributed by atoms with E-state index >= 15 is 0 Å². The number of sulfonamides is 1. The molecule has 0 fully saturated rings. The maximum Gasteiger partial charge on any atom is 0.266 e. The second-order valence-electron chi connectivity index (χ2n) is 3.90. The van der Waals surface area contributed by atoms with Crippen LogP contribution in [0.3, 0.4) is 0 Å². The molecule has 2 rings (SSSR count). The number of para-hydroxylation sites is 1. The Hall–Kier alpha value is -0.890. The SMILES string of the molecule is O=S(=O)(Nc1c(Cl)cccc1Cl)c1c(F)cc(F)cc1Br. The summed E-state index contributed by atoms with van der Waals surface area (Å²) in [6, 6.07) is 5.67. The molecule has 0 saturated carbocycles. The normalized spacial score (nSPS) is 11.5. The van der Waals surface area contributed by atoms with Crippen molar-refractivity contribution in [1.82, 2.24) is 0 Å². The van der Waals surface area contributed by atoms with E-state index in [4.69, 9.17) is 23.2 Å². The van der Waals surface area contributed by atoms with Crippen LogP contribution in [0.1, 0.15) is 0 Å². The van der Waals surface area contributed by atoms with E-state index in [1.807, 2.05) is 0 Å². The predicted octanol–water partition coefficient (Wildman–Crippen LogP) is 4.83. The smallest absolute Gasteiger partial charge is 0.266 e. The van der Waals surface area contributed by atoms with Crippen LogP contribution in [0, 0.1) is 11.6 Å². The highest BCUT2D eigenvalue weighted by atomic mass is 79.9. The zero-order valence-corrected chi connectivity index (χ0v) is 13.9. The molecule has 9 heteroatoms. The zero-order valence-electron chi connectivity index (χ0n) is 10.0. The summed E-state index contributed by atoms with van der Waals surface area (Å²) in [5.41, 5.74) is -0.0866. The molecule has 0 bridgehead atoms. The minimum absolute atomic E-state index is 0.0460. The van der Waals surface area contributed by atoms with Crippen LogP contribution in [-0.4, -0.2) is 8.42 Å². The summed E-state index contributed by atoms with van der Waals surface area (Å²) in [7, 11) is -4.34. The fourth-order valence-corrected chi connectivity index (χ4v) is 4.44. The second-order valence-corrected chi connectivity index (χ2v) is 7.19. The summed E-state index contributed by atoms with van der Waals surface area (Å²) in [4.78, 5) is -0.736. The highest BCUT2D eigenvalue weighted by Crippen LogP contribution is 2.34. The molecule has 0 radical (unpaired) electrons. The van der Waals surface area contributed by atoms with E-state index < -0.39 is 26.6 Å². The Labute approximate surface area is 138 Å². The van der Waals surface area contributed by atoms with Crippen molar-refractivity contribution >= 4 is 54.8 Å². The summed E-state index contributed by atoms with van der Waals surface area (Å²) in [6.45, 7) is 0. The standard InChI is InChI=1S/C12H6BrCl2F2NO2S/c13-7-4-6(16)5-10(17)12(7)21(19,20)18-11-8(14)2-1-3-9(11)15/h1-5,18H. The molecule has 0 spiro atoms. The summed E-state index contributed by atoms with van der Waals surface area (Å²) in [5, 5.41) is 0.0921. The van der Waals surface area contributed by atoms with Crippen LogP contribution < -0.4 is 4.72 Å². The average molecular weight is 417 g/mol. The number of hydrogen-bond donors (Lipinski definition) is 1. The lowest BCUT2D eigenvalue weighted by molar-refractivity contribution is 0.548. The van der Waals surface area contributed by atoms with E-state index in [2.05, 4.69) is 20.7 Å². The van der Waals surface area contributed by atoms with Crippen LogP contribution in [-0.2, 0) is 10.0 Å². The Balaban J connectivity index is 2.54. The van der Waals surface area contributed by atoms with E-state index in [9.17, 15) is 17.2 Å². The Kier molecular flexibility index (Phi) is 4.77. The molecular formula is C12H6BrCl2F2NO2S. The van der Waals surface area contributed by atoms with Crippen LogP contribution in [0.2, 0.25) is 10.0 Å². The maximum atomic E-state index is 13.8. The third kappa shape index (κ3) is 3.48. The van der Waals surface area contributed by atoms with E-state index in [1.165, 1.54) is 18.2 Å². The molecule has 3 nitrogen and oxygen atoms in total. The first-order valence-corrected chi connectivity index (χ1v) is 8.37. The van der Waals surface area contributed by atoms with E-state index in [1.54, 1.807) is 0 Å². The van der Waals surface area contributed by atoms with Gasteiger partial charge in [-0.15, -0.1) is 0 Å². The topological polar surface area (TPSA) is 46.2 Å². The van der Waals surface area contributed by atoms with Crippen LogP contribution in [0.4, 0.5) is 14.5 Å². The molecule has 112 valence electrons. The van der Waals surface area contributed by atoms with Crippen LogP contribution in [0.15, 0.2) is 39.7 Å². The number of rotatable bonds is 3. The maximum absolute atomic E-state index is 13.8. The van der Waals surface area contributed by atoms with Crippen molar-refractivity contribution in [2.45, 2.75) is 4.90 Å². The van der Waals surface area contributed by atoms with Crippen molar-refractivity contribution in [1.29, 1.82) is 0 Å². The van der Waals surface area contributed by atoms with Gasteiger partial charge in [0, 0.05) is 10.5 Å². The Morgan fingerprint density at radius 2 is 1.67 bits per heavy atom. The molecule has 21 heavy (non-hydrogen) atoms. The summed E-state index contributed by atoms with van der Waals surface area (Å²) in [6.07, 6.45) is 0. The van der Waals surface area contributed by atoms with Gasteiger partial charge in [-0.05, 0) is 34.1 Å². The van der Waals surface area contributed by atoms with E-state index in [-0.39, 0.29) is 20.2 Å². The molecule has 1 N–H and O–H groups in total. The molecule has 0 heterocycles. The molecule has 0 atom stereocenters. The van der Waals surface area contributed by atoms with E-state index in [0.29, 0.717) is 6.07 Å². The predicted molar refractivity (Wildman–Crippen MR) is 81.3 cm³/mol. The second kappa shape index (κ2) is 6.08. The molecule has 2 aromatic rings. The van der Waals surface area contributed by atoms with Gasteiger partial charge in [0.1, 0.15) is 16.5 Å². The van der Waals surface area contributed by atoms with Crippen LogP contribution in [0.5, 0.6) is 0 Å². The Morgan fingerprint density at radius 1 is 1.10 bits per heavy atom. The summed E-state index contributed by atoms with van der Waals surface area (Å²) in [5.74, 6) is -2.15. The summed E-state index contributed by atoms with van der Waals surface area (Å²) < 4.78 is 53.1. The van der Waals surface area contributed by atoms with Gasteiger partial charge in [0.15, 0.2) is 0 Å². The average Bonchev–Trinajstić information content (AvgIpc) is 2.32. The van der Waals surface area contributed by atoms with Gasteiger partial charge < -0.3 is 0 Å². The van der Waals surface area contributed by atoms with Gasteiger partial charge in [0.25, 0.3) is 10.0 Å². The van der Waals surface area contributed by atoms with E-state index in [0.717, 1.165) is 6.07 Å². The number of nitrogens with one attached hydrogen (secondary N) is 1. The Bertz CT molecular complexity index is 772. The van der Waals surface area contributed by atoms with Gasteiger partial charge >= 0.3 is 0 Å². The molecular weight excluding hydrogens is 411 g/mol. The van der Waals surface area contributed by atoms with Gasteiger partial charge in [-0.2, -0.15) is 0 Å². The Morgan fingerprint density at radius 3 is 2.19 bits per heavy atom. The van der Waals surface area contributed by atoms with Gasteiger partial charge in [0.2, 0.25) is 0 Å². The van der Waals surface area contributed by atoms with Crippen molar-refractivity contribution in [3.63, 3.8) is 0 Å². The number of anilines is 1. The van der Waals surface area contributed by atoms with Crippen molar-refractivity contribution in [3.05, 3.63) is 56.5 Å². The summed E-state index contributed by atoms with van der Waals surface area (Å²) >= 11 is 14.5. The van der Waals surface area contributed by atoms with Crippen LogP contribution in [0.25, 0.3) is 0 Å². The lowest BCUT2D eigenvalue weighted by Gasteiger charge is -2.13. The quantitative estimate of drug-likeness (QED) is 0.778. The fraction of sp³-hybridized carbons (Fsp3) is 0. The third-order valence-electron chi connectivity index (χ3n) is 2.43. The first-order chi connectivity index (χ1) is 9.72. The fourth-order valence-electron chi connectivity index (χ4n) is 1.57. The minimum atomic E-state index is -4.34. The van der Waals surface area contributed by atoms with Crippen molar-refractivity contribution < 1.29 is 17.2 Å². The number of benzene rings is 2. The molecule has 0 saturated heterocycles. The van der Waals surface area contributed by atoms with Crippen molar-refractivity contribution in [2.24, 2.45) is 0 Å². The molecule has 0 unspecified atom stereocenters. The van der Waals surface area contributed by atoms with Gasteiger partial charge in [0.05, 0.1) is 15.7 Å². The lowest BCUT2D eigenvalue weighted by atomic mass is 10.3. The molecule has 0 aromatic heterocycles. The molecule has 0 aliphatic heterocycles. The molecule has 0 aliphatic rings. The van der Waals surface area contributed by atoms with Crippen molar-refractivity contribution in [2.75, 3.05) is 4.72 Å². The lowest BCUT2D eigenvalue weighted by Crippen LogP contribution is -2.16. The minimum Gasteiger partial charge on any atom is -0.276 e. The first-order valence-electron chi connectivity index (χ1n) is 5.34. The molecule has 0 aliphatic carbocycles. The van der Waals surface area contributed by atoms with Gasteiger partial charge in [-0.3, -0.25) is 4.72 Å². The number of hydrogen-bond acceptors (Lipinski definition) is 2. The first kappa shape index (κ1) is 16.5.